The monoisotopic (exact) mass is 395 g/mol. The van der Waals surface area contributed by atoms with Crippen molar-refractivity contribution in [3.63, 3.8) is 0 Å². The zero-order valence-electron chi connectivity index (χ0n) is 12.5. The molecule has 0 atom stereocenters. The molecule has 1 fully saturated rings. The molecule has 7 heteroatoms. The fourth-order valence-electron chi connectivity index (χ4n) is 2.26. The van der Waals surface area contributed by atoms with Gasteiger partial charge in [-0.2, -0.15) is 0 Å². The summed E-state index contributed by atoms with van der Waals surface area (Å²) in [6.07, 6.45) is 1.73. The number of hydrogen-bond acceptors (Lipinski definition) is 4. The van der Waals surface area contributed by atoms with Crippen molar-refractivity contribution in [2.45, 2.75) is 0 Å². The maximum Gasteiger partial charge on any atom is 0.270 e. The number of carbonyl (C=O) groups is 1. The SMILES string of the molecule is COc1ccc(Cl)cc1C=C1SC(=S)N(c2cccc(Cl)c2)C1=O. The Bertz CT molecular complexity index is 867. The maximum absolute atomic E-state index is 12.7. The Balaban J connectivity index is 1.99. The van der Waals surface area contributed by atoms with Crippen LogP contribution in [0, 0.1) is 0 Å². The molecule has 2 aromatic carbocycles. The number of amides is 1. The number of ether oxygens (including phenoxy) is 1. The molecule has 1 heterocycles. The van der Waals surface area contributed by atoms with E-state index in [1.807, 2.05) is 0 Å². The molecule has 24 heavy (non-hydrogen) atoms. The number of hydrogen-bond donors (Lipinski definition) is 0. The molecule has 1 saturated heterocycles. The van der Waals surface area contributed by atoms with Crippen molar-refractivity contribution in [2.75, 3.05) is 12.0 Å². The highest BCUT2D eigenvalue weighted by atomic mass is 35.5. The third-order valence-electron chi connectivity index (χ3n) is 3.34. The van der Waals surface area contributed by atoms with E-state index in [4.69, 9.17) is 40.2 Å². The Morgan fingerprint density at radius 1 is 1.17 bits per heavy atom. The molecule has 0 radical (unpaired) electrons. The van der Waals surface area contributed by atoms with Gasteiger partial charge < -0.3 is 4.74 Å². The van der Waals surface area contributed by atoms with Crippen LogP contribution in [0.25, 0.3) is 6.08 Å². The first-order chi connectivity index (χ1) is 11.5. The lowest BCUT2D eigenvalue weighted by molar-refractivity contribution is -0.113. The van der Waals surface area contributed by atoms with Crippen LogP contribution in [0.2, 0.25) is 10.0 Å². The number of carbonyl (C=O) groups excluding carboxylic acids is 1. The third kappa shape index (κ3) is 3.44. The van der Waals surface area contributed by atoms with Crippen molar-refractivity contribution in [2.24, 2.45) is 0 Å². The van der Waals surface area contributed by atoms with Gasteiger partial charge in [-0.1, -0.05) is 53.2 Å². The summed E-state index contributed by atoms with van der Waals surface area (Å²) in [6, 6.07) is 12.2. The van der Waals surface area contributed by atoms with E-state index < -0.39 is 0 Å². The first kappa shape index (κ1) is 17.3. The van der Waals surface area contributed by atoms with Gasteiger partial charge in [-0.15, -0.1) is 0 Å². The molecule has 0 spiro atoms. The molecule has 2 aromatic rings. The minimum atomic E-state index is -0.200. The van der Waals surface area contributed by atoms with Gasteiger partial charge >= 0.3 is 0 Å². The molecule has 0 unspecified atom stereocenters. The molecule has 3 nitrogen and oxygen atoms in total. The van der Waals surface area contributed by atoms with Crippen LogP contribution in [0.15, 0.2) is 47.4 Å². The number of thioether (sulfide) groups is 1. The molecule has 1 aliphatic heterocycles. The minimum absolute atomic E-state index is 0.200. The van der Waals surface area contributed by atoms with E-state index in [0.29, 0.717) is 30.7 Å². The minimum Gasteiger partial charge on any atom is -0.496 e. The number of halogens is 2. The van der Waals surface area contributed by atoms with E-state index in [0.717, 1.165) is 5.56 Å². The van der Waals surface area contributed by atoms with Gasteiger partial charge in [0.05, 0.1) is 17.7 Å². The highest BCUT2D eigenvalue weighted by Gasteiger charge is 2.33. The molecule has 1 aliphatic rings. The smallest absolute Gasteiger partial charge is 0.270 e. The summed E-state index contributed by atoms with van der Waals surface area (Å²) in [5, 5.41) is 1.11. The van der Waals surface area contributed by atoms with Gasteiger partial charge in [-0.3, -0.25) is 9.69 Å². The Hall–Kier alpha value is -1.53. The predicted molar refractivity (Wildman–Crippen MR) is 105 cm³/mol. The second kappa shape index (κ2) is 7.15. The van der Waals surface area contributed by atoms with Gasteiger partial charge in [0.15, 0.2) is 4.32 Å². The number of anilines is 1. The number of methoxy groups -OCH3 is 1. The zero-order valence-corrected chi connectivity index (χ0v) is 15.6. The lowest BCUT2D eigenvalue weighted by Gasteiger charge is -2.14. The molecule has 122 valence electrons. The van der Waals surface area contributed by atoms with Crippen molar-refractivity contribution in [1.29, 1.82) is 0 Å². The van der Waals surface area contributed by atoms with Gasteiger partial charge in [-0.25, -0.2) is 0 Å². The quantitative estimate of drug-likeness (QED) is 0.513. The second-order valence-electron chi connectivity index (χ2n) is 4.88. The Kier molecular flexibility index (Phi) is 5.15. The standard InChI is InChI=1S/C17H11Cl2NO2S2/c1-22-14-6-5-12(19)7-10(14)8-15-16(21)20(17(23)24-15)13-4-2-3-11(18)9-13/h2-9H,1H3. The fraction of sp³-hybridized carbons (Fsp3) is 0.0588. The van der Waals surface area contributed by atoms with E-state index in [2.05, 4.69) is 0 Å². The lowest BCUT2D eigenvalue weighted by Crippen LogP contribution is -2.27. The molecule has 0 N–H and O–H groups in total. The van der Waals surface area contributed by atoms with E-state index in [-0.39, 0.29) is 5.91 Å². The van der Waals surface area contributed by atoms with Crippen LogP contribution in [0.3, 0.4) is 0 Å². The maximum atomic E-state index is 12.7. The molecule has 0 bridgehead atoms. The summed E-state index contributed by atoms with van der Waals surface area (Å²) >= 11 is 18.6. The Morgan fingerprint density at radius 2 is 1.92 bits per heavy atom. The van der Waals surface area contributed by atoms with Crippen LogP contribution in [0.1, 0.15) is 5.56 Å². The van der Waals surface area contributed by atoms with E-state index in [9.17, 15) is 4.79 Å². The van der Waals surface area contributed by atoms with E-state index in [1.54, 1.807) is 55.7 Å². The van der Waals surface area contributed by atoms with Crippen LogP contribution in [0.5, 0.6) is 5.75 Å². The molecule has 0 aromatic heterocycles. The van der Waals surface area contributed by atoms with E-state index >= 15 is 0 Å². The second-order valence-corrected chi connectivity index (χ2v) is 7.43. The summed E-state index contributed by atoms with van der Waals surface area (Å²) < 4.78 is 5.77. The van der Waals surface area contributed by atoms with Gasteiger partial charge in [0.1, 0.15) is 5.75 Å². The Labute approximate surface area is 159 Å². The van der Waals surface area contributed by atoms with Crippen molar-refractivity contribution < 1.29 is 9.53 Å². The van der Waals surface area contributed by atoms with Crippen LogP contribution in [-0.4, -0.2) is 17.3 Å². The molecule has 3 rings (SSSR count). The largest absolute Gasteiger partial charge is 0.496 e. The highest BCUT2D eigenvalue weighted by molar-refractivity contribution is 8.27. The first-order valence-corrected chi connectivity index (χ1v) is 8.85. The highest BCUT2D eigenvalue weighted by Crippen LogP contribution is 2.38. The van der Waals surface area contributed by atoms with Crippen LogP contribution < -0.4 is 9.64 Å². The normalized spacial score (nSPS) is 16.1. The predicted octanol–water partition coefficient (Wildman–Crippen LogP) is 5.41. The molecule has 0 aliphatic carbocycles. The molecular weight excluding hydrogens is 385 g/mol. The topological polar surface area (TPSA) is 29.5 Å². The van der Waals surface area contributed by atoms with Crippen molar-refractivity contribution in [1.82, 2.24) is 0 Å². The van der Waals surface area contributed by atoms with Crippen LogP contribution >= 0.6 is 47.2 Å². The van der Waals surface area contributed by atoms with Gasteiger partial charge in [-0.05, 0) is 42.5 Å². The summed E-state index contributed by atoms with van der Waals surface area (Å²) in [5.41, 5.74) is 1.36. The first-order valence-electron chi connectivity index (χ1n) is 6.86. The number of nitrogens with zero attached hydrogens (tertiary/aromatic N) is 1. The lowest BCUT2D eigenvalue weighted by atomic mass is 10.2. The summed E-state index contributed by atoms with van der Waals surface area (Å²) in [7, 11) is 1.57. The third-order valence-corrected chi connectivity index (χ3v) is 5.11. The number of rotatable bonds is 3. The van der Waals surface area contributed by atoms with Crippen molar-refractivity contribution in [3.8, 4) is 5.75 Å². The van der Waals surface area contributed by atoms with Crippen LogP contribution in [0.4, 0.5) is 5.69 Å². The van der Waals surface area contributed by atoms with Gasteiger partial charge in [0, 0.05) is 15.6 Å². The molecular formula is C17H11Cl2NO2S2. The average Bonchev–Trinajstić information content (AvgIpc) is 2.81. The zero-order chi connectivity index (χ0) is 17.3. The van der Waals surface area contributed by atoms with Crippen molar-refractivity contribution >= 4 is 69.2 Å². The summed E-state index contributed by atoms with van der Waals surface area (Å²) in [5.74, 6) is 0.432. The van der Waals surface area contributed by atoms with E-state index in [1.165, 1.54) is 16.7 Å². The number of benzene rings is 2. The average molecular weight is 396 g/mol. The summed E-state index contributed by atoms with van der Waals surface area (Å²) in [4.78, 5) is 14.7. The van der Waals surface area contributed by atoms with Gasteiger partial charge in [0.25, 0.3) is 5.91 Å². The Morgan fingerprint density at radius 3 is 2.62 bits per heavy atom. The number of thiocarbonyl (C=S) groups is 1. The fourth-order valence-corrected chi connectivity index (χ4v) is 3.92. The molecule has 1 amide bonds. The summed E-state index contributed by atoms with van der Waals surface area (Å²) in [6.45, 7) is 0. The van der Waals surface area contributed by atoms with Crippen LogP contribution in [-0.2, 0) is 4.79 Å². The van der Waals surface area contributed by atoms with Crippen molar-refractivity contribution in [3.05, 3.63) is 63.0 Å². The molecule has 0 saturated carbocycles. The van der Waals surface area contributed by atoms with Gasteiger partial charge in [0.2, 0.25) is 0 Å².